The molecule has 2 heterocycles. The first-order valence-electron chi connectivity index (χ1n) is 9.53. The van der Waals surface area contributed by atoms with Crippen LogP contribution in [0.15, 0.2) is 48.5 Å². The van der Waals surface area contributed by atoms with Crippen molar-refractivity contribution in [3.05, 3.63) is 54.1 Å². The molecule has 0 saturated carbocycles. The molecule has 3 aromatic rings. The molecule has 1 N–H and O–H groups in total. The van der Waals surface area contributed by atoms with Crippen LogP contribution in [0, 0.1) is 0 Å². The molecule has 1 atom stereocenters. The molecule has 0 bridgehead atoms. The Labute approximate surface area is 175 Å². The van der Waals surface area contributed by atoms with E-state index >= 15 is 0 Å². The first-order valence-corrected chi connectivity index (χ1v) is 11.4. The Hall–Kier alpha value is -3.13. The van der Waals surface area contributed by atoms with Gasteiger partial charge in [-0.25, -0.2) is 13.4 Å². The third-order valence-electron chi connectivity index (χ3n) is 5.21. The van der Waals surface area contributed by atoms with Crippen LogP contribution in [-0.4, -0.2) is 51.1 Å². The summed E-state index contributed by atoms with van der Waals surface area (Å²) in [5.74, 6) is 0.994. The Morgan fingerprint density at radius 1 is 1.10 bits per heavy atom. The van der Waals surface area contributed by atoms with Crippen molar-refractivity contribution < 1.29 is 22.7 Å². The topological polar surface area (TPSA) is 94.6 Å². The van der Waals surface area contributed by atoms with E-state index in [0.29, 0.717) is 45.6 Å². The van der Waals surface area contributed by atoms with Crippen LogP contribution < -0.4 is 14.8 Å². The van der Waals surface area contributed by atoms with E-state index in [9.17, 15) is 13.2 Å². The van der Waals surface area contributed by atoms with Gasteiger partial charge in [0.15, 0.2) is 9.84 Å². The maximum absolute atomic E-state index is 13.1. The Morgan fingerprint density at radius 2 is 1.90 bits per heavy atom. The number of hydrogen-bond acceptors (Lipinski definition) is 6. The van der Waals surface area contributed by atoms with Gasteiger partial charge >= 0.3 is 0 Å². The molecule has 1 amide bonds. The summed E-state index contributed by atoms with van der Waals surface area (Å²) < 4.78 is 34.3. The predicted octanol–water partition coefficient (Wildman–Crippen LogP) is 2.84. The summed E-state index contributed by atoms with van der Waals surface area (Å²) in [6, 6.07) is 14.1. The summed E-state index contributed by atoms with van der Waals surface area (Å²) in [7, 11) is 0.0561. The van der Waals surface area contributed by atoms with E-state index in [1.54, 1.807) is 38.5 Å². The molecule has 1 aromatic heterocycles. The van der Waals surface area contributed by atoms with Crippen molar-refractivity contribution in [2.24, 2.45) is 0 Å². The summed E-state index contributed by atoms with van der Waals surface area (Å²) in [6.45, 7) is 0. The number of pyridine rings is 1. The lowest BCUT2D eigenvalue weighted by molar-refractivity contribution is 0.0943. The fourth-order valence-corrected chi connectivity index (χ4v) is 5.36. The molecule has 0 spiro atoms. The predicted molar refractivity (Wildman–Crippen MR) is 115 cm³/mol. The van der Waals surface area contributed by atoms with Gasteiger partial charge in [-0.2, -0.15) is 0 Å². The van der Waals surface area contributed by atoms with E-state index in [-0.39, 0.29) is 23.5 Å². The lowest BCUT2D eigenvalue weighted by Crippen LogP contribution is -2.35. The summed E-state index contributed by atoms with van der Waals surface area (Å²) in [4.78, 5) is 17.8. The highest BCUT2D eigenvalue weighted by molar-refractivity contribution is 7.91. The number of aromatic nitrogens is 1. The van der Waals surface area contributed by atoms with Gasteiger partial charge in [0.05, 0.1) is 42.5 Å². The zero-order chi connectivity index (χ0) is 21.3. The molecule has 8 heteroatoms. The monoisotopic (exact) mass is 426 g/mol. The third kappa shape index (κ3) is 3.95. The van der Waals surface area contributed by atoms with Crippen molar-refractivity contribution in [3.63, 3.8) is 0 Å². The van der Waals surface area contributed by atoms with Gasteiger partial charge < -0.3 is 14.8 Å². The molecule has 2 aromatic carbocycles. The van der Waals surface area contributed by atoms with Crippen molar-refractivity contribution in [1.29, 1.82) is 0 Å². The van der Waals surface area contributed by atoms with Crippen molar-refractivity contribution in [2.45, 2.75) is 12.5 Å². The van der Waals surface area contributed by atoms with Gasteiger partial charge in [-0.05, 0) is 36.8 Å². The molecule has 1 unspecified atom stereocenters. The van der Waals surface area contributed by atoms with E-state index in [0.717, 1.165) is 0 Å². The van der Waals surface area contributed by atoms with E-state index in [4.69, 9.17) is 14.5 Å². The lowest BCUT2D eigenvalue weighted by atomic mass is 10.0. The van der Waals surface area contributed by atoms with E-state index in [1.165, 1.54) is 0 Å². The maximum atomic E-state index is 13.1. The third-order valence-corrected chi connectivity index (χ3v) is 6.98. The van der Waals surface area contributed by atoms with Crippen LogP contribution >= 0.6 is 0 Å². The van der Waals surface area contributed by atoms with E-state index in [1.807, 2.05) is 24.3 Å². The number of rotatable bonds is 5. The minimum Gasteiger partial charge on any atom is -0.497 e. The summed E-state index contributed by atoms with van der Waals surface area (Å²) in [5, 5.41) is 3.57. The van der Waals surface area contributed by atoms with Gasteiger partial charge in [-0.1, -0.05) is 18.2 Å². The minimum absolute atomic E-state index is 0.0294. The quantitative estimate of drug-likeness (QED) is 0.674. The van der Waals surface area contributed by atoms with Crippen LogP contribution in [0.2, 0.25) is 0 Å². The lowest BCUT2D eigenvalue weighted by Gasteiger charge is -2.15. The fraction of sp³-hybridized carbons (Fsp3) is 0.273. The first-order chi connectivity index (χ1) is 14.4. The van der Waals surface area contributed by atoms with Crippen LogP contribution in [-0.2, 0) is 9.84 Å². The molecule has 30 heavy (non-hydrogen) atoms. The average molecular weight is 426 g/mol. The molecule has 1 saturated heterocycles. The Morgan fingerprint density at radius 3 is 2.60 bits per heavy atom. The number of carbonyl (C=O) groups is 1. The number of nitrogens with zero attached hydrogens (tertiary/aromatic N) is 1. The van der Waals surface area contributed by atoms with Gasteiger partial charge in [0.1, 0.15) is 11.5 Å². The summed E-state index contributed by atoms with van der Waals surface area (Å²) in [6.07, 6.45) is 0.424. The number of nitrogens with one attached hydrogen (secondary N) is 1. The number of hydrogen-bond donors (Lipinski definition) is 1. The molecular weight excluding hydrogens is 404 g/mol. The number of methoxy groups -OCH3 is 2. The van der Waals surface area contributed by atoms with E-state index < -0.39 is 9.84 Å². The summed E-state index contributed by atoms with van der Waals surface area (Å²) in [5.41, 5.74) is 2.35. The largest absolute Gasteiger partial charge is 0.497 e. The molecule has 7 nitrogen and oxygen atoms in total. The molecule has 1 fully saturated rings. The number of amides is 1. The number of carbonyl (C=O) groups excluding carboxylic acids is 1. The van der Waals surface area contributed by atoms with Crippen LogP contribution in [0.25, 0.3) is 22.2 Å². The van der Waals surface area contributed by atoms with Crippen molar-refractivity contribution in [2.75, 3.05) is 25.7 Å². The molecule has 4 rings (SSSR count). The smallest absolute Gasteiger partial charge is 0.252 e. The number of fused-ring (bicyclic) bond motifs is 1. The molecule has 1 aliphatic rings. The second-order valence-electron chi connectivity index (χ2n) is 7.21. The van der Waals surface area contributed by atoms with Gasteiger partial charge in [-0.3, -0.25) is 4.79 Å². The Kier molecular flexibility index (Phi) is 5.34. The molecule has 0 radical (unpaired) electrons. The molecule has 1 aliphatic heterocycles. The van der Waals surface area contributed by atoms with Crippen molar-refractivity contribution in [1.82, 2.24) is 10.3 Å². The Bertz CT molecular complexity index is 1220. The SMILES string of the molecule is COc1ccc(OC)c(-c2cc(C(=O)NC3CCS(=O)(=O)C3)c3ccccc3n2)c1. The van der Waals surface area contributed by atoms with Gasteiger partial charge in [0.2, 0.25) is 0 Å². The fourth-order valence-electron chi connectivity index (χ4n) is 3.69. The van der Waals surface area contributed by atoms with Crippen LogP contribution in [0.1, 0.15) is 16.8 Å². The highest BCUT2D eigenvalue weighted by atomic mass is 32.2. The zero-order valence-electron chi connectivity index (χ0n) is 16.7. The number of benzene rings is 2. The molecule has 0 aliphatic carbocycles. The molecular formula is C22H22N2O5S. The number of para-hydroxylation sites is 1. The second kappa shape index (κ2) is 7.95. The van der Waals surface area contributed by atoms with Crippen molar-refractivity contribution in [3.8, 4) is 22.8 Å². The number of ether oxygens (including phenoxy) is 2. The highest BCUT2D eigenvalue weighted by Gasteiger charge is 2.29. The summed E-state index contributed by atoms with van der Waals surface area (Å²) >= 11 is 0. The average Bonchev–Trinajstić information content (AvgIpc) is 3.10. The second-order valence-corrected chi connectivity index (χ2v) is 9.44. The van der Waals surface area contributed by atoms with Gasteiger partial charge in [-0.15, -0.1) is 0 Å². The standard InChI is InChI=1S/C22H22N2O5S/c1-28-15-7-8-21(29-2)18(11-15)20-12-17(16-5-3-4-6-19(16)24-20)22(25)23-14-9-10-30(26,27)13-14/h3-8,11-12,14H,9-10,13H2,1-2H3,(H,23,25). The van der Waals surface area contributed by atoms with Crippen LogP contribution in [0.3, 0.4) is 0 Å². The maximum Gasteiger partial charge on any atom is 0.252 e. The van der Waals surface area contributed by atoms with Crippen molar-refractivity contribution >= 4 is 26.6 Å². The zero-order valence-corrected chi connectivity index (χ0v) is 17.5. The Balaban J connectivity index is 1.80. The minimum atomic E-state index is -3.09. The normalized spacial score (nSPS) is 17.6. The van der Waals surface area contributed by atoms with Gasteiger partial charge in [0.25, 0.3) is 5.91 Å². The first kappa shape index (κ1) is 20.2. The highest BCUT2D eigenvalue weighted by Crippen LogP contribution is 2.34. The molecule has 156 valence electrons. The number of sulfone groups is 1. The van der Waals surface area contributed by atoms with Crippen LogP contribution in [0.5, 0.6) is 11.5 Å². The van der Waals surface area contributed by atoms with Gasteiger partial charge in [0, 0.05) is 17.0 Å². The van der Waals surface area contributed by atoms with E-state index in [2.05, 4.69) is 5.32 Å². The van der Waals surface area contributed by atoms with Crippen LogP contribution in [0.4, 0.5) is 0 Å².